The summed E-state index contributed by atoms with van der Waals surface area (Å²) in [5.41, 5.74) is 3.45. The number of ether oxygens (including phenoxy) is 1. The molecule has 2 aromatic carbocycles. The van der Waals surface area contributed by atoms with Gasteiger partial charge in [-0.3, -0.25) is 4.98 Å². The largest absolute Gasteiger partial charge is 0.497 e. The summed E-state index contributed by atoms with van der Waals surface area (Å²) in [4.78, 5) is 4.12. The Labute approximate surface area is 182 Å². The average Bonchev–Trinajstić information content (AvgIpc) is 3.13. The van der Waals surface area contributed by atoms with Gasteiger partial charge in [-0.2, -0.15) is 0 Å². The van der Waals surface area contributed by atoms with Crippen molar-refractivity contribution in [3.63, 3.8) is 0 Å². The second-order valence-corrected chi connectivity index (χ2v) is 8.45. The predicted octanol–water partition coefficient (Wildman–Crippen LogP) is 4.09. The summed E-state index contributed by atoms with van der Waals surface area (Å²) in [7, 11) is -0.303. The maximum absolute atomic E-state index is 13.3. The van der Waals surface area contributed by atoms with Crippen molar-refractivity contribution in [2.45, 2.75) is 11.4 Å². The summed E-state index contributed by atoms with van der Waals surface area (Å²) in [6, 6.07) is 16.7. The van der Waals surface area contributed by atoms with Gasteiger partial charge in [0.2, 0.25) is 0 Å². The second kappa shape index (κ2) is 8.87. The molecule has 0 atom stereocenters. The normalized spacial score (nSPS) is 11.3. The van der Waals surface area contributed by atoms with Crippen LogP contribution in [0, 0.1) is 0 Å². The molecule has 0 spiro atoms. The molecule has 156 valence electrons. The van der Waals surface area contributed by atoms with E-state index in [4.69, 9.17) is 4.74 Å². The third-order valence-corrected chi connectivity index (χ3v) is 6.49. The van der Waals surface area contributed by atoms with Crippen LogP contribution in [0.15, 0.2) is 78.1 Å². The molecule has 6 nitrogen and oxygen atoms in total. The molecule has 0 amide bonds. The Morgan fingerprint density at radius 3 is 2.43 bits per heavy atom. The van der Waals surface area contributed by atoms with Crippen molar-refractivity contribution in [2.24, 2.45) is 0 Å². The number of hydrogen-bond acceptors (Lipinski definition) is 5. The first kappa shape index (κ1) is 21.8. The SMILES string of the molecule is CNCc1cn(S(=O)(=O)c2cccnc2)c2cc(-c3ccc(OC)cc3)ccc12.Cl. The van der Waals surface area contributed by atoms with Crippen LogP contribution in [0.4, 0.5) is 0 Å². The Kier molecular flexibility index (Phi) is 6.45. The first-order chi connectivity index (χ1) is 14.0. The highest BCUT2D eigenvalue weighted by Gasteiger charge is 2.21. The zero-order chi connectivity index (χ0) is 20.4. The number of nitrogens with zero attached hydrogens (tertiary/aromatic N) is 2. The minimum atomic E-state index is -3.77. The van der Waals surface area contributed by atoms with E-state index in [1.807, 2.05) is 49.5 Å². The van der Waals surface area contributed by atoms with Crippen molar-refractivity contribution in [2.75, 3.05) is 14.2 Å². The van der Waals surface area contributed by atoms with Crippen molar-refractivity contribution in [1.82, 2.24) is 14.3 Å². The van der Waals surface area contributed by atoms with E-state index in [1.165, 1.54) is 10.2 Å². The van der Waals surface area contributed by atoms with Crippen LogP contribution in [0.5, 0.6) is 5.75 Å². The van der Waals surface area contributed by atoms with E-state index in [2.05, 4.69) is 10.3 Å². The third kappa shape index (κ3) is 3.92. The lowest BCUT2D eigenvalue weighted by molar-refractivity contribution is 0.415. The van der Waals surface area contributed by atoms with Gasteiger partial charge in [0.25, 0.3) is 10.0 Å². The number of hydrogen-bond donors (Lipinski definition) is 1. The van der Waals surface area contributed by atoms with E-state index < -0.39 is 10.0 Å². The van der Waals surface area contributed by atoms with E-state index in [1.54, 1.807) is 31.6 Å². The molecular formula is C22H22ClN3O3S. The highest BCUT2D eigenvalue weighted by atomic mass is 35.5. The van der Waals surface area contributed by atoms with Gasteiger partial charge >= 0.3 is 0 Å². The minimum Gasteiger partial charge on any atom is -0.497 e. The van der Waals surface area contributed by atoms with E-state index in [0.29, 0.717) is 12.1 Å². The van der Waals surface area contributed by atoms with Gasteiger partial charge in [0.1, 0.15) is 10.6 Å². The molecule has 0 bridgehead atoms. The van der Waals surface area contributed by atoms with Gasteiger partial charge in [0, 0.05) is 30.5 Å². The molecule has 0 unspecified atom stereocenters. The number of fused-ring (bicyclic) bond motifs is 1. The lowest BCUT2D eigenvalue weighted by atomic mass is 10.0. The summed E-state index contributed by atoms with van der Waals surface area (Å²) < 4.78 is 33.1. The monoisotopic (exact) mass is 443 g/mol. The van der Waals surface area contributed by atoms with Crippen LogP contribution < -0.4 is 10.1 Å². The maximum atomic E-state index is 13.3. The molecule has 30 heavy (non-hydrogen) atoms. The van der Waals surface area contributed by atoms with E-state index in [9.17, 15) is 8.42 Å². The Morgan fingerprint density at radius 1 is 1.07 bits per heavy atom. The fraction of sp³-hybridized carbons (Fsp3) is 0.136. The summed E-state index contributed by atoms with van der Waals surface area (Å²) in [5, 5.41) is 4.00. The third-order valence-electron chi connectivity index (χ3n) is 4.84. The second-order valence-electron chi connectivity index (χ2n) is 6.63. The molecule has 4 aromatic rings. The van der Waals surface area contributed by atoms with Crippen molar-refractivity contribution < 1.29 is 13.2 Å². The Morgan fingerprint density at radius 2 is 1.80 bits per heavy atom. The molecule has 0 aliphatic carbocycles. The minimum absolute atomic E-state index is 0. The van der Waals surface area contributed by atoms with Crippen LogP contribution in [-0.4, -0.2) is 31.5 Å². The fourth-order valence-corrected chi connectivity index (χ4v) is 4.72. The van der Waals surface area contributed by atoms with Crippen LogP contribution in [0.2, 0.25) is 0 Å². The van der Waals surface area contributed by atoms with Gasteiger partial charge in [-0.25, -0.2) is 12.4 Å². The molecule has 2 aromatic heterocycles. The number of halogens is 1. The molecule has 8 heteroatoms. The molecule has 2 heterocycles. The van der Waals surface area contributed by atoms with Gasteiger partial charge in [0.05, 0.1) is 12.6 Å². The van der Waals surface area contributed by atoms with E-state index in [0.717, 1.165) is 27.8 Å². The smallest absolute Gasteiger partial charge is 0.269 e. The number of methoxy groups -OCH3 is 1. The predicted molar refractivity (Wildman–Crippen MR) is 121 cm³/mol. The van der Waals surface area contributed by atoms with Crippen molar-refractivity contribution in [3.8, 4) is 16.9 Å². The molecule has 0 saturated carbocycles. The summed E-state index contributed by atoms with van der Waals surface area (Å²) in [6.07, 6.45) is 4.61. The lowest BCUT2D eigenvalue weighted by Gasteiger charge is -2.09. The molecule has 4 rings (SSSR count). The van der Waals surface area contributed by atoms with Crippen molar-refractivity contribution >= 4 is 33.3 Å². The standard InChI is InChI=1S/C22H21N3O3S.ClH/c1-23-13-18-15-25(29(26,27)20-4-3-11-24-14-20)22-12-17(7-10-21(18)22)16-5-8-19(28-2)9-6-16;/h3-12,14-15,23H,13H2,1-2H3;1H. The lowest BCUT2D eigenvalue weighted by Crippen LogP contribution is -2.12. The fourth-order valence-electron chi connectivity index (χ4n) is 3.37. The Balaban J connectivity index is 0.00000256. The number of nitrogens with one attached hydrogen (secondary N) is 1. The number of benzene rings is 2. The zero-order valence-corrected chi connectivity index (χ0v) is 18.2. The molecule has 0 radical (unpaired) electrons. The van der Waals surface area contributed by atoms with Gasteiger partial charge in [-0.1, -0.05) is 24.3 Å². The Bertz CT molecular complexity index is 1250. The molecule has 0 aliphatic heterocycles. The van der Waals surface area contributed by atoms with Gasteiger partial charge in [0.15, 0.2) is 0 Å². The summed E-state index contributed by atoms with van der Waals surface area (Å²) in [5.74, 6) is 0.772. The molecular weight excluding hydrogens is 422 g/mol. The van der Waals surface area contributed by atoms with Gasteiger partial charge in [-0.05, 0) is 54.1 Å². The molecule has 1 N–H and O–H groups in total. The average molecular weight is 444 g/mol. The summed E-state index contributed by atoms with van der Waals surface area (Å²) in [6.45, 7) is 0.563. The highest BCUT2D eigenvalue weighted by Crippen LogP contribution is 2.31. The first-order valence-electron chi connectivity index (χ1n) is 9.13. The van der Waals surface area contributed by atoms with E-state index in [-0.39, 0.29) is 17.3 Å². The quantitative estimate of drug-likeness (QED) is 0.486. The first-order valence-corrected chi connectivity index (χ1v) is 10.6. The zero-order valence-electron chi connectivity index (χ0n) is 16.6. The molecule has 0 fully saturated rings. The molecule has 0 saturated heterocycles. The van der Waals surface area contributed by atoms with Gasteiger partial charge < -0.3 is 10.1 Å². The van der Waals surface area contributed by atoms with E-state index >= 15 is 0 Å². The summed E-state index contributed by atoms with van der Waals surface area (Å²) >= 11 is 0. The van der Waals surface area contributed by atoms with Crippen LogP contribution >= 0.6 is 12.4 Å². The van der Waals surface area contributed by atoms with Crippen molar-refractivity contribution in [3.05, 3.63) is 78.8 Å². The Hall–Kier alpha value is -2.87. The maximum Gasteiger partial charge on any atom is 0.269 e. The number of pyridine rings is 1. The van der Waals surface area contributed by atoms with Gasteiger partial charge in [-0.15, -0.1) is 12.4 Å². The number of aromatic nitrogens is 2. The topological polar surface area (TPSA) is 73.2 Å². The number of rotatable bonds is 6. The highest BCUT2D eigenvalue weighted by molar-refractivity contribution is 7.90. The van der Waals surface area contributed by atoms with Crippen LogP contribution in [0.3, 0.4) is 0 Å². The van der Waals surface area contributed by atoms with Crippen molar-refractivity contribution in [1.29, 1.82) is 0 Å². The molecule has 0 aliphatic rings. The van der Waals surface area contributed by atoms with Crippen LogP contribution in [0.25, 0.3) is 22.0 Å². The van der Waals surface area contributed by atoms with Crippen LogP contribution in [-0.2, 0) is 16.6 Å². The van der Waals surface area contributed by atoms with Crippen LogP contribution in [0.1, 0.15) is 5.56 Å².